The first-order valence-electron chi connectivity index (χ1n) is 6.96. The zero-order valence-corrected chi connectivity index (χ0v) is 12.2. The molecule has 1 aromatic rings. The van der Waals surface area contributed by atoms with Gasteiger partial charge >= 0.3 is 0 Å². The Morgan fingerprint density at radius 3 is 2.56 bits per heavy atom. The Morgan fingerprint density at radius 1 is 1.22 bits per heavy atom. The molecule has 0 saturated heterocycles. The molecule has 0 fully saturated rings. The Hall–Kier alpha value is -0.860. The molecule has 1 aliphatic rings. The van der Waals surface area contributed by atoms with Crippen LogP contribution in [0.2, 0.25) is 0 Å². The average Bonchev–Trinajstić information content (AvgIpc) is 2.36. The van der Waals surface area contributed by atoms with Crippen molar-refractivity contribution in [1.29, 1.82) is 0 Å². The van der Waals surface area contributed by atoms with Crippen molar-refractivity contribution in [1.82, 2.24) is 10.2 Å². The van der Waals surface area contributed by atoms with Crippen molar-refractivity contribution in [3.63, 3.8) is 0 Å². The number of rotatable bonds is 4. The molecule has 1 atom stereocenters. The first kappa shape index (κ1) is 13.6. The van der Waals surface area contributed by atoms with Gasteiger partial charge in [0.1, 0.15) is 0 Å². The van der Waals surface area contributed by atoms with Gasteiger partial charge in [-0.05, 0) is 58.3 Å². The van der Waals surface area contributed by atoms with E-state index in [1.54, 1.807) is 5.56 Å². The Labute approximate surface area is 111 Å². The van der Waals surface area contributed by atoms with Crippen molar-refractivity contribution in [2.24, 2.45) is 0 Å². The second-order valence-electron chi connectivity index (χ2n) is 6.30. The number of nitrogens with one attached hydrogen (secondary N) is 1. The molecule has 2 heteroatoms. The van der Waals surface area contributed by atoms with Gasteiger partial charge in [-0.25, -0.2) is 0 Å². The largest absolute Gasteiger partial charge is 0.312 e. The van der Waals surface area contributed by atoms with Crippen molar-refractivity contribution in [3.8, 4) is 0 Å². The van der Waals surface area contributed by atoms with Crippen LogP contribution in [0.3, 0.4) is 0 Å². The molecule has 1 aliphatic carbocycles. The third-order valence-electron chi connectivity index (χ3n) is 4.38. The second kappa shape index (κ2) is 5.41. The zero-order valence-electron chi connectivity index (χ0n) is 12.2. The molecule has 0 bridgehead atoms. The fraction of sp³-hybridized carbons (Fsp3) is 0.625. The smallest absolute Gasteiger partial charge is 0.0271 e. The summed E-state index contributed by atoms with van der Waals surface area (Å²) < 4.78 is 0. The molecule has 0 aromatic heterocycles. The Morgan fingerprint density at radius 2 is 1.89 bits per heavy atom. The number of hydrogen-bond donors (Lipinski definition) is 1. The van der Waals surface area contributed by atoms with E-state index in [2.05, 4.69) is 62.4 Å². The number of aryl methyl sites for hydroxylation is 1. The van der Waals surface area contributed by atoms with Crippen molar-refractivity contribution in [3.05, 3.63) is 35.4 Å². The molecule has 1 unspecified atom stereocenters. The number of benzene rings is 1. The molecule has 1 N–H and O–H groups in total. The van der Waals surface area contributed by atoms with E-state index in [0.717, 1.165) is 6.54 Å². The van der Waals surface area contributed by atoms with Gasteiger partial charge in [-0.15, -0.1) is 0 Å². The monoisotopic (exact) mass is 246 g/mol. The molecule has 18 heavy (non-hydrogen) atoms. The van der Waals surface area contributed by atoms with E-state index in [1.807, 2.05) is 0 Å². The quantitative estimate of drug-likeness (QED) is 0.878. The van der Waals surface area contributed by atoms with E-state index in [0.29, 0.717) is 6.04 Å². The highest BCUT2D eigenvalue weighted by atomic mass is 15.2. The zero-order chi connectivity index (χ0) is 13.2. The Balaban J connectivity index is 1.91. The highest BCUT2D eigenvalue weighted by molar-refractivity contribution is 5.30. The maximum atomic E-state index is 3.74. The number of fused-ring (bicyclic) bond motifs is 1. The van der Waals surface area contributed by atoms with Gasteiger partial charge in [-0.2, -0.15) is 0 Å². The lowest BCUT2D eigenvalue weighted by molar-refractivity contribution is 0.182. The Bertz CT molecular complexity index is 396. The van der Waals surface area contributed by atoms with Gasteiger partial charge in [0.25, 0.3) is 0 Å². The molecule has 0 aliphatic heterocycles. The van der Waals surface area contributed by atoms with Gasteiger partial charge in [0.15, 0.2) is 0 Å². The average molecular weight is 246 g/mol. The highest BCUT2D eigenvalue weighted by Gasteiger charge is 2.23. The maximum absolute atomic E-state index is 3.74. The first-order valence-corrected chi connectivity index (χ1v) is 6.96. The summed E-state index contributed by atoms with van der Waals surface area (Å²) in [5, 5.41) is 3.74. The fourth-order valence-corrected chi connectivity index (χ4v) is 2.42. The highest BCUT2D eigenvalue weighted by Crippen LogP contribution is 2.21. The van der Waals surface area contributed by atoms with Gasteiger partial charge in [-0.1, -0.05) is 24.3 Å². The van der Waals surface area contributed by atoms with E-state index in [4.69, 9.17) is 0 Å². The summed E-state index contributed by atoms with van der Waals surface area (Å²) in [5.41, 5.74) is 3.29. The van der Waals surface area contributed by atoms with Gasteiger partial charge < -0.3 is 10.2 Å². The minimum Gasteiger partial charge on any atom is -0.312 e. The topological polar surface area (TPSA) is 15.3 Å². The third kappa shape index (κ3) is 3.12. The molecule has 0 heterocycles. The third-order valence-corrected chi connectivity index (χ3v) is 4.38. The molecular formula is C16H26N2. The van der Waals surface area contributed by atoms with Crippen LogP contribution in [-0.4, -0.2) is 37.1 Å². The van der Waals surface area contributed by atoms with Gasteiger partial charge in [0.05, 0.1) is 0 Å². The van der Waals surface area contributed by atoms with Crippen molar-refractivity contribution in [2.45, 2.75) is 44.7 Å². The molecule has 100 valence electrons. The molecule has 0 spiro atoms. The summed E-state index contributed by atoms with van der Waals surface area (Å²) in [6.45, 7) is 5.63. The first-order chi connectivity index (χ1) is 8.49. The lowest BCUT2D eigenvalue weighted by Crippen LogP contribution is -2.50. The molecule has 0 amide bonds. The minimum atomic E-state index is 0.219. The van der Waals surface area contributed by atoms with Crippen molar-refractivity contribution in [2.75, 3.05) is 20.6 Å². The number of nitrogens with zero attached hydrogens (tertiary/aromatic N) is 1. The van der Waals surface area contributed by atoms with Crippen LogP contribution in [0.15, 0.2) is 24.3 Å². The van der Waals surface area contributed by atoms with Crippen LogP contribution in [0.1, 0.15) is 31.4 Å². The van der Waals surface area contributed by atoms with E-state index in [9.17, 15) is 0 Å². The lowest BCUT2D eigenvalue weighted by Gasteiger charge is -2.35. The van der Waals surface area contributed by atoms with Crippen LogP contribution < -0.4 is 5.32 Å². The molecule has 0 saturated carbocycles. The second-order valence-corrected chi connectivity index (χ2v) is 6.30. The molecule has 0 radical (unpaired) electrons. The maximum Gasteiger partial charge on any atom is 0.0271 e. The lowest BCUT2D eigenvalue weighted by atomic mass is 9.88. The van der Waals surface area contributed by atoms with Crippen molar-refractivity contribution >= 4 is 0 Å². The molecular weight excluding hydrogens is 220 g/mol. The summed E-state index contributed by atoms with van der Waals surface area (Å²) >= 11 is 0. The summed E-state index contributed by atoms with van der Waals surface area (Å²) in [4.78, 5) is 2.29. The van der Waals surface area contributed by atoms with Crippen LogP contribution in [0.4, 0.5) is 0 Å². The van der Waals surface area contributed by atoms with E-state index < -0.39 is 0 Å². The number of hydrogen-bond acceptors (Lipinski definition) is 2. The number of likely N-dealkylation sites (N-methyl/N-ethyl adjacent to an activating group) is 1. The predicted molar refractivity (Wildman–Crippen MR) is 78.0 cm³/mol. The van der Waals surface area contributed by atoms with E-state index >= 15 is 0 Å². The molecule has 1 aromatic carbocycles. The van der Waals surface area contributed by atoms with Crippen LogP contribution in [0.5, 0.6) is 0 Å². The van der Waals surface area contributed by atoms with E-state index in [1.165, 1.54) is 24.8 Å². The van der Waals surface area contributed by atoms with Crippen LogP contribution in [0, 0.1) is 0 Å². The Kier molecular flexibility index (Phi) is 4.08. The molecule has 2 rings (SSSR count). The molecule has 2 nitrogen and oxygen atoms in total. The van der Waals surface area contributed by atoms with Gasteiger partial charge in [0, 0.05) is 18.1 Å². The van der Waals surface area contributed by atoms with Gasteiger partial charge in [0.2, 0.25) is 0 Å². The summed E-state index contributed by atoms with van der Waals surface area (Å²) in [6, 6.07) is 9.50. The van der Waals surface area contributed by atoms with E-state index in [-0.39, 0.29) is 5.54 Å². The predicted octanol–water partition coefficient (Wildman–Crippen LogP) is 2.47. The van der Waals surface area contributed by atoms with Crippen molar-refractivity contribution < 1.29 is 0 Å². The summed E-state index contributed by atoms with van der Waals surface area (Å²) in [7, 11) is 4.30. The summed E-state index contributed by atoms with van der Waals surface area (Å²) in [5.74, 6) is 0. The standard InChI is InChI=1S/C16H26N2/c1-16(2,18(3)4)12-17-15-10-9-13-7-5-6-8-14(13)11-15/h5-8,15,17H,9-12H2,1-4H3. The van der Waals surface area contributed by atoms with Gasteiger partial charge in [-0.3, -0.25) is 0 Å². The van der Waals surface area contributed by atoms with Crippen LogP contribution >= 0.6 is 0 Å². The van der Waals surface area contributed by atoms with Crippen LogP contribution in [0.25, 0.3) is 0 Å². The minimum absolute atomic E-state index is 0.219. The SMILES string of the molecule is CN(C)C(C)(C)CNC1CCc2ccccc2C1. The fourth-order valence-electron chi connectivity index (χ4n) is 2.42. The normalized spacial score (nSPS) is 19.9. The summed E-state index contributed by atoms with van der Waals surface area (Å²) in [6.07, 6.45) is 3.66. The van der Waals surface area contributed by atoms with Crippen LogP contribution in [-0.2, 0) is 12.8 Å².